The molecule has 158 valence electrons. The maximum Gasteiger partial charge on any atom is 0.417 e. The molecule has 3 rings (SSSR count). The number of hydrogen-bond donors (Lipinski definition) is 1. The van der Waals surface area contributed by atoms with Crippen LogP contribution in [0.5, 0.6) is 5.75 Å². The van der Waals surface area contributed by atoms with Crippen molar-refractivity contribution in [1.29, 1.82) is 5.26 Å². The van der Waals surface area contributed by atoms with E-state index in [1.165, 1.54) is 13.0 Å². The molecule has 0 saturated heterocycles. The van der Waals surface area contributed by atoms with Crippen LogP contribution in [-0.4, -0.2) is 25.6 Å². The molecular formula is C22H22F3N3O2. The minimum atomic E-state index is -4.58. The van der Waals surface area contributed by atoms with E-state index in [9.17, 15) is 18.0 Å². The van der Waals surface area contributed by atoms with Crippen molar-refractivity contribution >= 4 is 17.3 Å². The van der Waals surface area contributed by atoms with Crippen molar-refractivity contribution in [2.75, 3.05) is 29.9 Å². The highest BCUT2D eigenvalue weighted by atomic mass is 19.4. The van der Waals surface area contributed by atoms with E-state index in [0.29, 0.717) is 36.1 Å². The fraction of sp³-hybridized carbons (Fsp3) is 0.364. The lowest BCUT2D eigenvalue weighted by molar-refractivity contribution is -0.137. The van der Waals surface area contributed by atoms with Crippen LogP contribution < -0.4 is 15.0 Å². The Bertz CT molecular complexity index is 932. The fourth-order valence-electron chi connectivity index (χ4n) is 3.11. The zero-order chi connectivity index (χ0) is 21.7. The molecule has 1 aliphatic carbocycles. The highest BCUT2D eigenvalue weighted by molar-refractivity contribution is 5.88. The van der Waals surface area contributed by atoms with Crippen molar-refractivity contribution in [2.24, 2.45) is 5.92 Å². The van der Waals surface area contributed by atoms with E-state index in [-0.39, 0.29) is 18.1 Å². The van der Waals surface area contributed by atoms with Gasteiger partial charge in [-0.05, 0) is 61.2 Å². The number of benzene rings is 2. The third-order valence-corrected chi connectivity index (χ3v) is 4.77. The predicted octanol–water partition coefficient (Wildman–Crippen LogP) is 4.83. The second-order valence-corrected chi connectivity index (χ2v) is 7.28. The summed E-state index contributed by atoms with van der Waals surface area (Å²) >= 11 is 0. The Labute approximate surface area is 173 Å². The zero-order valence-corrected chi connectivity index (χ0v) is 16.5. The summed E-state index contributed by atoms with van der Waals surface area (Å²) in [6, 6.07) is 12.3. The molecule has 30 heavy (non-hydrogen) atoms. The van der Waals surface area contributed by atoms with Crippen LogP contribution in [0, 0.1) is 17.2 Å². The van der Waals surface area contributed by atoms with E-state index < -0.39 is 11.7 Å². The lowest BCUT2D eigenvalue weighted by Crippen LogP contribution is -2.30. The van der Waals surface area contributed by atoms with Gasteiger partial charge in [0.1, 0.15) is 12.4 Å². The minimum Gasteiger partial charge on any atom is -0.492 e. The number of nitrogens with zero attached hydrogens (tertiary/aromatic N) is 2. The SMILES string of the molecule is CC(=O)Nc1ccc(OCCN(CC2CC2)c2ccc(C#N)c(C(F)(F)F)c2)cc1. The molecule has 5 nitrogen and oxygen atoms in total. The van der Waals surface area contributed by atoms with Gasteiger partial charge in [0.05, 0.1) is 23.7 Å². The second kappa shape index (κ2) is 9.08. The Kier molecular flexibility index (Phi) is 6.50. The molecule has 0 spiro atoms. The van der Waals surface area contributed by atoms with Gasteiger partial charge in [-0.1, -0.05) is 0 Å². The topological polar surface area (TPSA) is 65.4 Å². The fourth-order valence-corrected chi connectivity index (χ4v) is 3.11. The number of rotatable bonds is 8. The van der Waals surface area contributed by atoms with E-state index in [2.05, 4.69) is 5.32 Å². The van der Waals surface area contributed by atoms with Gasteiger partial charge < -0.3 is 15.0 Å². The largest absolute Gasteiger partial charge is 0.492 e. The van der Waals surface area contributed by atoms with Crippen molar-refractivity contribution in [1.82, 2.24) is 0 Å². The molecule has 1 saturated carbocycles. The average molecular weight is 417 g/mol. The van der Waals surface area contributed by atoms with E-state index in [0.717, 1.165) is 18.9 Å². The van der Waals surface area contributed by atoms with E-state index in [1.807, 2.05) is 4.90 Å². The van der Waals surface area contributed by atoms with Crippen LogP contribution in [0.3, 0.4) is 0 Å². The first-order chi connectivity index (χ1) is 14.3. The van der Waals surface area contributed by atoms with Gasteiger partial charge in [0, 0.05) is 24.8 Å². The van der Waals surface area contributed by atoms with Gasteiger partial charge in [-0.25, -0.2) is 0 Å². The van der Waals surface area contributed by atoms with Gasteiger partial charge in [0.2, 0.25) is 5.91 Å². The maximum atomic E-state index is 13.3. The summed E-state index contributed by atoms with van der Waals surface area (Å²) in [5.41, 5.74) is -0.216. The lowest BCUT2D eigenvalue weighted by atomic mass is 10.1. The van der Waals surface area contributed by atoms with Gasteiger partial charge in [-0.15, -0.1) is 0 Å². The number of anilines is 2. The Balaban J connectivity index is 1.68. The van der Waals surface area contributed by atoms with Crippen LogP contribution in [0.1, 0.15) is 30.9 Å². The molecule has 0 radical (unpaired) electrons. The van der Waals surface area contributed by atoms with Crippen molar-refractivity contribution < 1.29 is 22.7 Å². The Morgan fingerprint density at radius 3 is 2.50 bits per heavy atom. The summed E-state index contributed by atoms with van der Waals surface area (Å²) in [6.07, 6.45) is -2.47. The van der Waals surface area contributed by atoms with Crippen LogP contribution >= 0.6 is 0 Å². The normalized spacial score (nSPS) is 13.4. The van der Waals surface area contributed by atoms with Crippen molar-refractivity contribution in [3.63, 3.8) is 0 Å². The number of ether oxygens (including phenoxy) is 1. The smallest absolute Gasteiger partial charge is 0.417 e. The summed E-state index contributed by atoms with van der Waals surface area (Å²) < 4.78 is 45.7. The number of amides is 1. The third kappa shape index (κ3) is 5.89. The lowest BCUT2D eigenvalue weighted by Gasteiger charge is -2.26. The molecule has 0 heterocycles. The summed E-state index contributed by atoms with van der Waals surface area (Å²) in [5.74, 6) is 0.901. The molecule has 0 bridgehead atoms. The van der Waals surface area contributed by atoms with E-state index in [1.54, 1.807) is 36.4 Å². The standard InChI is InChI=1S/C22H22F3N3O2/c1-15(29)27-18-5-8-20(9-6-18)30-11-10-28(14-16-2-3-16)19-7-4-17(13-26)21(12-19)22(23,24)25/h4-9,12,16H,2-3,10-11,14H2,1H3,(H,27,29). The van der Waals surface area contributed by atoms with Gasteiger partial charge in [0.25, 0.3) is 0 Å². The first-order valence-electron chi connectivity index (χ1n) is 9.63. The third-order valence-electron chi connectivity index (χ3n) is 4.77. The van der Waals surface area contributed by atoms with Crippen LogP contribution in [0.15, 0.2) is 42.5 Å². The summed E-state index contributed by atoms with van der Waals surface area (Å²) in [5, 5.41) is 11.7. The highest BCUT2D eigenvalue weighted by Gasteiger charge is 2.34. The average Bonchev–Trinajstić information content (AvgIpc) is 3.51. The summed E-state index contributed by atoms with van der Waals surface area (Å²) in [6.45, 7) is 2.76. The number of alkyl halides is 3. The molecule has 2 aromatic carbocycles. The molecule has 8 heteroatoms. The summed E-state index contributed by atoms with van der Waals surface area (Å²) in [4.78, 5) is 12.9. The summed E-state index contributed by atoms with van der Waals surface area (Å²) in [7, 11) is 0. The van der Waals surface area contributed by atoms with E-state index in [4.69, 9.17) is 10.00 Å². The zero-order valence-electron chi connectivity index (χ0n) is 16.5. The Morgan fingerprint density at radius 1 is 1.23 bits per heavy atom. The highest BCUT2D eigenvalue weighted by Crippen LogP contribution is 2.36. The number of carbonyl (C=O) groups excluding carboxylic acids is 1. The minimum absolute atomic E-state index is 0.167. The first kappa shape index (κ1) is 21.5. The van der Waals surface area contributed by atoms with Crippen molar-refractivity contribution in [2.45, 2.75) is 25.9 Å². The maximum absolute atomic E-state index is 13.3. The molecule has 0 atom stereocenters. The van der Waals surface area contributed by atoms with Gasteiger partial charge >= 0.3 is 6.18 Å². The number of nitriles is 1. The second-order valence-electron chi connectivity index (χ2n) is 7.28. The molecule has 0 aromatic heterocycles. The molecule has 1 N–H and O–H groups in total. The van der Waals surface area contributed by atoms with E-state index >= 15 is 0 Å². The van der Waals surface area contributed by atoms with Crippen LogP contribution in [0.25, 0.3) is 0 Å². The van der Waals surface area contributed by atoms with Crippen LogP contribution in [0.4, 0.5) is 24.5 Å². The van der Waals surface area contributed by atoms with Crippen LogP contribution in [0.2, 0.25) is 0 Å². The molecule has 0 aliphatic heterocycles. The van der Waals surface area contributed by atoms with Crippen LogP contribution in [-0.2, 0) is 11.0 Å². The molecule has 1 amide bonds. The number of hydrogen-bond acceptors (Lipinski definition) is 4. The Hall–Kier alpha value is -3.21. The number of nitrogens with one attached hydrogen (secondary N) is 1. The first-order valence-corrected chi connectivity index (χ1v) is 9.63. The van der Waals surface area contributed by atoms with Crippen molar-refractivity contribution in [3.8, 4) is 11.8 Å². The van der Waals surface area contributed by atoms with Gasteiger partial charge in [-0.2, -0.15) is 18.4 Å². The van der Waals surface area contributed by atoms with Gasteiger partial charge in [-0.3, -0.25) is 4.79 Å². The number of carbonyl (C=O) groups is 1. The van der Waals surface area contributed by atoms with Crippen molar-refractivity contribution in [3.05, 3.63) is 53.6 Å². The molecule has 1 aliphatic rings. The predicted molar refractivity (Wildman–Crippen MR) is 107 cm³/mol. The quantitative estimate of drug-likeness (QED) is 0.668. The molecular weight excluding hydrogens is 395 g/mol. The molecule has 2 aromatic rings. The van der Waals surface area contributed by atoms with Gasteiger partial charge in [0.15, 0.2) is 0 Å². The Morgan fingerprint density at radius 2 is 1.93 bits per heavy atom. The monoisotopic (exact) mass is 417 g/mol. The number of halogens is 3. The molecule has 1 fully saturated rings. The molecule has 0 unspecified atom stereocenters.